The number of carbonyl (C=O) groups excluding carboxylic acids is 2. The average molecular weight is 719 g/mol. The topological polar surface area (TPSA) is 86.8 Å². The molecular weight excluding hydrogens is 674 g/mol. The first kappa shape index (κ1) is 35.9. The maximum atomic E-state index is 14.6. The fraction of sp³-hybridized carbons (Fsp3) is 0.316. The molecule has 4 aromatic carbocycles. The summed E-state index contributed by atoms with van der Waals surface area (Å²) in [5.41, 5.74) is 4.03. The number of halogens is 1. The van der Waals surface area contributed by atoms with Gasteiger partial charge in [-0.3, -0.25) is 13.9 Å². The Kier molecular flexibility index (Phi) is 12.4. The van der Waals surface area contributed by atoms with E-state index in [0.717, 1.165) is 31.0 Å². The minimum Gasteiger partial charge on any atom is -0.354 e. The average Bonchev–Trinajstić information content (AvgIpc) is 3.04. The molecule has 0 fully saturated rings. The highest BCUT2D eigenvalue weighted by atomic mass is 79.9. The van der Waals surface area contributed by atoms with E-state index in [-0.39, 0.29) is 35.6 Å². The Morgan fingerprint density at radius 2 is 1.45 bits per heavy atom. The second kappa shape index (κ2) is 16.2. The number of anilines is 1. The summed E-state index contributed by atoms with van der Waals surface area (Å²) in [7, 11) is -4.16. The second-order valence-corrected chi connectivity index (χ2v) is 15.3. The fourth-order valence-corrected chi connectivity index (χ4v) is 7.06. The van der Waals surface area contributed by atoms with Crippen LogP contribution in [0.3, 0.4) is 0 Å². The molecule has 0 aromatic heterocycles. The van der Waals surface area contributed by atoms with Crippen molar-refractivity contribution in [1.82, 2.24) is 10.2 Å². The highest BCUT2D eigenvalue weighted by Crippen LogP contribution is 2.27. The van der Waals surface area contributed by atoms with Crippen LogP contribution in [0.4, 0.5) is 5.69 Å². The van der Waals surface area contributed by atoms with Gasteiger partial charge < -0.3 is 10.2 Å². The molecule has 0 bridgehead atoms. The number of amides is 2. The van der Waals surface area contributed by atoms with Crippen molar-refractivity contribution in [3.63, 3.8) is 0 Å². The van der Waals surface area contributed by atoms with Crippen molar-refractivity contribution in [2.75, 3.05) is 17.4 Å². The quantitative estimate of drug-likeness (QED) is 0.147. The lowest BCUT2D eigenvalue weighted by Crippen LogP contribution is -2.53. The molecule has 47 heavy (non-hydrogen) atoms. The molecule has 2 amide bonds. The van der Waals surface area contributed by atoms with Gasteiger partial charge in [0, 0.05) is 24.0 Å². The molecule has 0 spiro atoms. The van der Waals surface area contributed by atoms with Crippen LogP contribution in [0.5, 0.6) is 0 Å². The summed E-state index contributed by atoms with van der Waals surface area (Å²) in [5, 5.41) is 3.02. The van der Waals surface area contributed by atoms with E-state index in [0.29, 0.717) is 12.2 Å². The van der Waals surface area contributed by atoms with Gasteiger partial charge in [-0.05, 0) is 71.8 Å². The Morgan fingerprint density at radius 3 is 2.04 bits per heavy atom. The van der Waals surface area contributed by atoms with E-state index in [2.05, 4.69) is 35.1 Å². The van der Waals surface area contributed by atoms with Gasteiger partial charge in [-0.1, -0.05) is 116 Å². The molecule has 0 aliphatic heterocycles. The normalized spacial score (nSPS) is 12.2. The molecule has 0 saturated carbocycles. The van der Waals surface area contributed by atoms with E-state index in [9.17, 15) is 18.0 Å². The fourth-order valence-electron chi connectivity index (χ4n) is 5.20. The Labute approximate surface area is 288 Å². The summed E-state index contributed by atoms with van der Waals surface area (Å²) < 4.78 is 30.5. The van der Waals surface area contributed by atoms with Crippen molar-refractivity contribution >= 4 is 43.5 Å². The number of nitrogens with zero attached hydrogens (tertiary/aromatic N) is 2. The van der Waals surface area contributed by atoms with E-state index >= 15 is 0 Å². The highest BCUT2D eigenvalue weighted by molar-refractivity contribution is 9.10. The van der Waals surface area contributed by atoms with E-state index in [1.165, 1.54) is 4.90 Å². The number of hydrogen-bond acceptors (Lipinski definition) is 4. The SMILES string of the molecule is Cc1ccc(S(=O)(=O)N(CC(=O)N(Cc2cccc(Br)c2)[C@H](Cc2ccccc2)C(=O)NCC(C)C)c2ccc(C(C)C)cc2)cc1. The molecule has 0 unspecified atom stereocenters. The molecule has 0 aliphatic carbocycles. The van der Waals surface area contributed by atoms with Crippen LogP contribution in [0.1, 0.15) is 55.9 Å². The number of hydrogen-bond donors (Lipinski definition) is 1. The third kappa shape index (κ3) is 9.78. The standard InChI is InChI=1S/C38H44BrN3O4S/c1-27(2)24-40-38(44)36(23-30-10-7-6-8-11-30)41(25-31-12-9-13-33(39)22-31)37(43)26-42(34-18-16-32(17-19-34)28(3)4)47(45,46)35-20-14-29(5)15-21-35/h6-22,27-28,36H,23-26H2,1-5H3,(H,40,44)/t36-/m1/s1. The van der Waals surface area contributed by atoms with Gasteiger partial charge in [-0.15, -0.1) is 0 Å². The largest absolute Gasteiger partial charge is 0.354 e. The molecule has 0 radical (unpaired) electrons. The molecule has 248 valence electrons. The maximum Gasteiger partial charge on any atom is 0.264 e. The van der Waals surface area contributed by atoms with Gasteiger partial charge in [0.25, 0.3) is 10.0 Å². The minimum absolute atomic E-state index is 0.0814. The van der Waals surface area contributed by atoms with Gasteiger partial charge in [0.05, 0.1) is 10.6 Å². The van der Waals surface area contributed by atoms with Crippen molar-refractivity contribution in [2.45, 2.75) is 64.4 Å². The van der Waals surface area contributed by atoms with Crippen LogP contribution in [0.2, 0.25) is 0 Å². The summed E-state index contributed by atoms with van der Waals surface area (Å²) in [6.07, 6.45) is 0.262. The van der Waals surface area contributed by atoms with Crippen LogP contribution in [0.15, 0.2) is 112 Å². The van der Waals surface area contributed by atoms with Crippen LogP contribution >= 0.6 is 15.9 Å². The van der Waals surface area contributed by atoms with E-state index in [1.54, 1.807) is 36.4 Å². The van der Waals surface area contributed by atoms with Crippen LogP contribution in [0.25, 0.3) is 0 Å². The summed E-state index contributed by atoms with van der Waals surface area (Å²) in [6.45, 7) is 10.1. The molecule has 0 heterocycles. The first-order valence-electron chi connectivity index (χ1n) is 15.9. The van der Waals surface area contributed by atoms with E-state index in [1.807, 2.05) is 87.5 Å². The smallest absolute Gasteiger partial charge is 0.264 e. The molecule has 4 aromatic rings. The first-order chi connectivity index (χ1) is 22.3. The Balaban J connectivity index is 1.81. The summed E-state index contributed by atoms with van der Waals surface area (Å²) in [5.74, 6) is -0.333. The molecule has 1 N–H and O–H groups in total. The lowest BCUT2D eigenvalue weighted by molar-refractivity contribution is -0.140. The zero-order chi connectivity index (χ0) is 34.1. The van der Waals surface area contributed by atoms with Crippen molar-refractivity contribution in [1.29, 1.82) is 0 Å². The van der Waals surface area contributed by atoms with Gasteiger partial charge in [0.15, 0.2) is 0 Å². The zero-order valence-electron chi connectivity index (χ0n) is 27.7. The highest BCUT2D eigenvalue weighted by Gasteiger charge is 2.34. The molecule has 4 rings (SSSR count). The molecule has 1 atom stereocenters. The van der Waals surface area contributed by atoms with Crippen molar-refractivity contribution in [2.24, 2.45) is 5.92 Å². The number of carbonyl (C=O) groups is 2. The van der Waals surface area contributed by atoms with Crippen LogP contribution in [-0.4, -0.2) is 44.3 Å². The van der Waals surface area contributed by atoms with Crippen molar-refractivity contribution < 1.29 is 18.0 Å². The Morgan fingerprint density at radius 1 is 0.809 bits per heavy atom. The molecule has 0 aliphatic rings. The molecule has 9 heteroatoms. The summed E-state index contributed by atoms with van der Waals surface area (Å²) >= 11 is 3.52. The predicted octanol–water partition coefficient (Wildman–Crippen LogP) is 7.49. The lowest BCUT2D eigenvalue weighted by Gasteiger charge is -2.34. The maximum absolute atomic E-state index is 14.6. The predicted molar refractivity (Wildman–Crippen MR) is 193 cm³/mol. The lowest BCUT2D eigenvalue weighted by atomic mass is 10.0. The molecule has 7 nitrogen and oxygen atoms in total. The van der Waals surface area contributed by atoms with E-state index < -0.39 is 28.5 Å². The van der Waals surface area contributed by atoms with Gasteiger partial charge in [0.2, 0.25) is 11.8 Å². The number of aryl methyl sites for hydroxylation is 1. The molecular formula is C38H44BrN3O4S. The zero-order valence-corrected chi connectivity index (χ0v) is 30.1. The third-order valence-corrected chi connectivity index (χ3v) is 10.2. The third-order valence-electron chi connectivity index (χ3n) is 7.93. The number of benzene rings is 4. The number of nitrogens with one attached hydrogen (secondary N) is 1. The van der Waals surface area contributed by atoms with Gasteiger partial charge >= 0.3 is 0 Å². The summed E-state index contributed by atoms with van der Waals surface area (Å²) in [4.78, 5) is 30.1. The van der Waals surface area contributed by atoms with Gasteiger partial charge in [-0.2, -0.15) is 0 Å². The van der Waals surface area contributed by atoms with Crippen LogP contribution in [-0.2, 0) is 32.6 Å². The van der Waals surface area contributed by atoms with Crippen LogP contribution < -0.4 is 9.62 Å². The minimum atomic E-state index is -4.16. The first-order valence-corrected chi connectivity index (χ1v) is 18.1. The monoisotopic (exact) mass is 717 g/mol. The van der Waals surface area contributed by atoms with Gasteiger partial charge in [-0.25, -0.2) is 8.42 Å². The number of sulfonamides is 1. The van der Waals surface area contributed by atoms with Crippen molar-refractivity contribution in [3.8, 4) is 0 Å². The summed E-state index contributed by atoms with van der Waals surface area (Å²) in [6, 6.07) is 30.1. The second-order valence-electron chi connectivity index (χ2n) is 12.6. The van der Waals surface area contributed by atoms with E-state index in [4.69, 9.17) is 0 Å². The van der Waals surface area contributed by atoms with Crippen LogP contribution in [0, 0.1) is 12.8 Å². The number of rotatable bonds is 14. The van der Waals surface area contributed by atoms with Crippen molar-refractivity contribution in [3.05, 3.63) is 130 Å². The Hall–Kier alpha value is -3.95. The molecule has 0 saturated heterocycles. The Bertz CT molecular complexity index is 1740. The van der Waals surface area contributed by atoms with Gasteiger partial charge in [0.1, 0.15) is 12.6 Å².